The summed E-state index contributed by atoms with van der Waals surface area (Å²) >= 11 is 0. The Morgan fingerprint density at radius 2 is 2.11 bits per heavy atom. The first-order valence-corrected chi connectivity index (χ1v) is 6.13. The lowest BCUT2D eigenvalue weighted by molar-refractivity contribution is 0.0584. The zero-order valence-electron chi connectivity index (χ0n) is 11.3. The molecule has 0 aromatic heterocycles. The highest BCUT2D eigenvalue weighted by Crippen LogP contribution is 2.34. The van der Waals surface area contributed by atoms with Crippen LogP contribution in [-0.2, 0) is 11.2 Å². The molecule has 5 nitrogen and oxygen atoms in total. The molecule has 1 aromatic carbocycles. The normalized spacial score (nSPS) is 14.2. The first kappa shape index (κ1) is 13.4. The average molecular weight is 263 g/mol. The maximum Gasteiger partial charge on any atom is 0.414 e. The fourth-order valence-corrected chi connectivity index (χ4v) is 2.05. The number of anilines is 1. The SMILES string of the molecule is CC(C)(C)OC(=O)N1CCc2cc(C=O)c(O)cc21. The number of benzene rings is 1. The second-order valence-corrected chi connectivity index (χ2v) is 5.54. The Kier molecular flexibility index (Phi) is 3.22. The Balaban J connectivity index is 2.29. The van der Waals surface area contributed by atoms with Crippen LogP contribution >= 0.6 is 0 Å². The molecule has 2 rings (SSSR count). The van der Waals surface area contributed by atoms with Crippen molar-refractivity contribution in [1.82, 2.24) is 0 Å². The van der Waals surface area contributed by atoms with E-state index in [1.807, 2.05) is 0 Å². The molecule has 0 fully saturated rings. The summed E-state index contributed by atoms with van der Waals surface area (Å²) in [5.41, 5.74) is 1.15. The van der Waals surface area contributed by atoms with Gasteiger partial charge in [-0.2, -0.15) is 0 Å². The molecule has 1 aliphatic heterocycles. The molecule has 0 unspecified atom stereocenters. The number of phenolic OH excluding ortho intramolecular Hbond substituents is 1. The van der Waals surface area contributed by atoms with Crippen molar-refractivity contribution in [3.8, 4) is 5.75 Å². The highest BCUT2D eigenvalue weighted by atomic mass is 16.6. The molecular weight excluding hydrogens is 246 g/mol. The van der Waals surface area contributed by atoms with E-state index in [2.05, 4.69) is 0 Å². The molecule has 5 heteroatoms. The van der Waals surface area contributed by atoms with Crippen molar-refractivity contribution >= 4 is 18.1 Å². The second kappa shape index (κ2) is 4.57. The van der Waals surface area contributed by atoms with Crippen molar-refractivity contribution in [3.63, 3.8) is 0 Å². The van der Waals surface area contributed by atoms with Crippen molar-refractivity contribution in [2.75, 3.05) is 11.4 Å². The summed E-state index contributed by atoms with van der Waals surface area (Å²) < 4.78 is 5.31. The van der Waals surface area contributed by atoms with E-state index in [1.165, 1.54) is 11.0 Å². The Labute approximate surface area is 111 Å². The van der Waals surface area contributed by atoms with Gasteiger partial charge in [-0.15, -0.1) is 0 Å². The number of rotatable bonds is 1. The maximum absolute atomic E-state index is 12.0. The zero-order chi connectivity index (χ0) is 14.2. The van der Waals surface area contributed by atoms with Crippen LogP contribution in [0.2, 0.25) is 0 Å². The molecule has 1 aromatic rings. The van der Waals surface area contributed by atoms with Crippen molar-refractivity contribution in [1.29, 1.82) is 0 Å². The first-order valence-electron chi connectivity index (χ1n) is 6.13. The lowest BCUT2D eigenvalue weighted by atomic mass is 10.1. The number of amides is 1. The van der Waals surface area contributed by atoms with Gasteiger partial charge in [0.15, 0.2) is 6.29 Å². The average Bonchev–Trinajstić information content (AvgIpc) is 2.68. The van der Waals surface area contributed by atoms with Gasteiger partial charge < -0.3 is 9.84 Å². The molecule has 1 N–H and O–H groups in total. The first-order chi connectivity index (χ1) is 8.81. The number of ether oxygens (including phenoxy) is 1. The van der Waals surface area contributed by atoms with Gasteiger partial charge in [0.2, 0.25) is 0 Å². The minimum absolute atomic E-state index is 0.121. The molecule has 1 amide bonds. The molecule has 19 heavy (non-hydrogen) atoms. The van der Waals surface area contributed by atoms with E-state index < -0.39 is 11.7 Å². The number of hydrogen-bond acceptors (Lipinski definition) is 4. The molecule has 0 saturated heterocycles. The Morgan fingerprint density at radius 1 is 1.42 bits per heavy atom. The van der Waals surface area contributed by atoms with Gasteiger partial charge in [-0.05, 0) is 38.8 Å². The van der Waals surface area contributed by atoms with E-state index in [-0.39, 0.29) is 11.3 Å². The molecule has 0 atom stereocenters. The van der Waals surface area contributed by atoms with Crippen molar-refractivity contribution in [2.24, 2.45) is 0 Å². The van der Waals surface area contributed by atoms with Gasteiger partial charge >= 0.3 is 6.09 Å². The fourth-order valence-electron chi connectivity index (χ4n) is 2.05. The predicted octanol–water partition coefficient (Wildman–Crippen LogP) is 2.50. The van der Waals surface area contributed by atoms with Gasteiger partial charge in [-0.1, -0.05) is 0 Å². The molecule has 102 valence electrons. The van der Waals surface area contributed by atoms with Crippen molar-refractivity contribution in [3.05, 3.63) is 23.3 Å². The van der Waals surface area contributed by atoms with E-state index in [0.29, 0.717) is 24.9 Å². The standard InChI is InChI=1S/C14H17NO4/c1-14(2,3)19-13(18)15-5-4-9-6-10(8-16)12(17)7-11(9)15/h6-8,17H,4-5H2,1-3H3. The van der Waals surface area contributed by atoms with Crippen LogP contribution in [-0.4, -0.2) is 29.6 Å². The summed E-state index contributed by atoms with van der Waals surface area (Å²) in [4.78, 5) is 24.3. The maximum atomic E-state index is 12.0. The van der Waals surface area contributed by atoms with Crippen LogP contribution in [0.1, 0.15) is 36.7 Å². The van der Waals surface area contributed by atoms with E-state index >= 15 is 0 Å². The van der Waals surface area contributed by atoms with Crippen LogP contribution in [0.4, 0.5) is 10.5 Å². The Bertz CT molecular complexity index is 531. The summed E-state index contributed by atoms with van der Waals surface area (Å²) in [7, 11) is 0. The predicted molar refractivity (Wildman–Crippen MR) is 70.8 cm³/mol. The highest BCUT2D eigenvalue weighted by Gasteiger charge is 2.29. The minimum Gasteiger partial charge on any atom is -0.507 e. The molecule has 0 spiro atoms. The number of aldehydes is 1. The number of phenols is 1. The molecule has 0 saturated carbocycles. The van der Waals surface area contributed by atoms with E-state index in [0.717, 1.165) is 5.56 Å². The monoisotopic (exact) mass is 263 g/mol. The summed E-state index contributed by atoms with van der Waals surface area (Å²) in [6.07, 6.45) is 0.811. The van der Waals surface area contributed by atoms with Gasteiger partial charge in [-0.3, -0.25) is 9.69 Å². The molecule has 1 aliphatic rings. The number of fused-ring (bicyclic) bond motifs is 1. The molecule has 1 heterocycles. The van der Waals surface area contributed by atoms with Crippen LogP contribution < -0.4 is 4.90 Å². The molecule has 0 radical (unpaired) electrons. The Morgan fingerprint density at radius 3 is 2.68 bits per heavy atom. The lowest BCUT2D eigenvalue weighted by Gasteiger charge is -2.24. The topological polar surface area (TPSA) is 66.8 Å². The van der Waals surface area contributed by atoms with Crippen molar-refractivity contribution < 1.29 is 19.4 Å². The molecular formula is C14H17NO4. The van der Waals surface area contributed by atoms with E-state index in [9.17, 15) is 14.7 Å². The van der Waals surface area contributed by atoms with Crippen LogP contribution in [0.5, 0.6) is 5.75 Å². The van der Waals surface area contributed by atoms with Gasteiger partial charge in [-0.25, -0.2) is 4.79 Å². The van der Waals surface area contributed by atoms with Gasteiger partial charge in [0.25, 0.3) is 0 Å². The Hall–Kier alpha value is -2.04. The summed E-state index contributed by atoms with van der Waals surface area (Å²) in [6, 6.07) is 3.05. The van der Waals surface area contributed by atoms with Gasteiger partial charge in [0.05, 0.1) is 11.3 Å². The number of hydrogen-bond donors (Lipinski definition) is 1. The van der Waals surface area contributed by atoms with Crippen LogP contribution in [0.3, 0.4) is 0 Å². The molecule has 0 aliphatic carbocycles. The van der Waals surface area contributed by atoms with E-state index in [1.54, 1.807) is 26.8 Å². The number of carbonyl (C=O) groups is 2. The second-order valence-electron chi connectivity index (χ2n) is 5.54. The summed E-state index contributed by atoms with van der Waals surface area (Å²) in [5, 5.41) is 9.70. The third-order valence-corrected chi connectivity index (χ3v) is 2.86. The molecule has 0 bridgehead atoms. The minimum atomic E-state index is -0.565. The number of nitrogens with zero attached hydrogens (tertiary/aromatic N) is 1. The smallest absolute Gasteiger partial charge is 0.414 e. The highest BCUT2D eigenvalue weighted by molar-refractivity contribution is 5.92. The third kappa shape index (κ3) is 2.70. The lowest BCUT2D eigenvalue weighted by Crippen LogP contribution is -2.35. The largest absolute Gasteiger partial charge is 0.507 e. The van der Waals surface area contributed by atoms with Crippen molar-refractivity contribution in [2.45, 2.75) is 32.8 Å². The quantitative estimate of drug-likeness (QED) is 0.790. The summed E-state index contributed by atoms with van der Waals surface area (Å²) in [6.45, 7) is 5.89. The summed E-state index contributed by atoms with van der Waals surface area (Å²) in [5.74, 6) is -0.121. The zero-order valence-corrected chi connectivity index (χ0v) is 11.3. The van der Waals surface area contributed by atoms with Gasteiger partial charge in [0.1, 0.15) is 11.4 Å². The van der Waals surface area contributed by atoms with Gasteiger partial charge in [0, 0.05) is 12.6 Å². The fraction of sp³-hybridized carbons (Fsp3) is 0.429. The van der Waals surface area contributed by atoms with Crippen LogP contribution in [0.15, 0.2) is 12.1 Å². The number of carbonyl (C=O) groups excluding carboxylic acids is 2. The number of aromatic hydroxyl groups is 1. The third-order valence-electron chi connectivity index (χ3n) is 2.86. The van der Waals surface area contributed by atoms with Crippen LogP contribution in [0, 0.1) is 0 Å². The van der Waals surface area contributed by atoms with Crippen LogP contribution in [0.25, 0.3) is 0 Å². The van der Waals surface area contributed by atoms with E-state index in [4.69, 9.17) is 4.74 Å².